The largest absolute Gasteiger partial charge is 0.509 e. The van der Waals surface area contributed by atoms with Gasteiger partial charge < -0.3 is 25.2 Å². The zero-order valence-electron chi connectivity index (χ0n) is 19.5. The lowest BCUT2D eigenvalue weighted by atomic mass is 10.1. The summed E-state index contributed by atoms with van der Waals surface area (Å²) in [7, 11) is 0. The molecular formula is C28H28N6O. The van der Waals surface area contributed by atoms with Gasteiger partial charge >= 0.3 is 0 Å². The monoisotopic (exact) mass is 464 g/mol. The van der Waals surface area contributed by atoms with Crippen LogP contribution in [0.15, 0.2) is 78.6 Å². The van der Waals surface area contributed by atoms with Crippen LogP contribution < -0.4 is 15.1 Å². The number of piperidine rings is 1. The number of nitrogens with zero attached hydrogens (tertiary/aromatic N) is 3. The number of aromatic amines is 1. The Balaban J connectivity index is 1.22. The van der Waals surface area contributed by atoms with Crippen LogP contribution in [0.2, 0.25) is 0 Å². The second-order valence-electron chi connectivity index (χ2n) is 9.13. The first-order chi connectivity index (χ1) is 17.2. The van der Waals surface area contributed by atoms with E-state index >= 15 is 0 Å². The maximum atomic E-state index is 10.8. The van der Waals surface area contributed by atoms with Crippen molar-refractivity contribution in [3.05, 3.63) is 84.4 Å². The van der Waals surface area contributed by atoms with Crippen molar-refractivity contribution in [1.29, 1.82) is 5.41 Å². The summed E-state index contributed by atoms with van der Waals surface area (Å²) in [6.45, 7) is 2.41. The molecule has 0 saturated carbocycles. The minimum absolute atomic E-state index is 0.150. The average Bonchev–Trinajstić information content (AvgIpc) is 3.44. The molecule has 2 aliphatic rings. The molecule has 35 heavy (non-hydrogen) atoms. The van der Waals surface area contributed by atoms with Gasteiger partial charge in [0.15, 0.2) is 0 Å². The lowest BCUT2D eigenvalue weighted by molar-refractivity contribution is 0.411. The number of amidine groups is 1. The molecule has 3 aromatic carbocycles. The van der Waals surface area contributed by atoms with Crippen LogP contribution in [0.1, 0.15) is 25.1 Å². The second kappa shape index (κ2) is 8.83. The van der Waals surface area contributed by atoms with E-state index in [1.54, 1.807) is 4.90 Å². The first-order valence-electron chi connectivity index (χ1n) is 12.1. The minimum atomic E-state index is 0.150. The third-order valence-corrected chi connectivity index (χ3v) is 6.77. The van der Waals surface area contributed by atoms with Gasteiger partial charge in [0.1, 0.15) is 17.4 Å². The summed E-state index contributed by atoms with van der Waals surface area (Å²) < 4.78 is 0. The first-order valence-corrected chi connectivity index (χ1v) is 12.1. The van der Waals surface area contributed by atoms with Crippen LogP contribution in [0.4, 0.5) is 22.7 Å². The van der Waals surface area contributed by atoms with Gasteiger partial charge in [-0.1, -0.05) is 18.2 Å². The molecule has 176 valence electrons. The second-order valence-corrected chi connectivity index (χ2v) is 9.13. The van der Waals surface area contributed by atoms with Gasteiger partial charge in [-0.2, -0.15) is 0 Å². The van der Waals surface area contributed by atoms with Crippen LogP contribution >= 0.6 is 0 Å². The number of benzene rings is 3. The van der Waals surface area contributed by atoms with E-state index < -0.39 is 0 Å². The van der Waals surface area contributed by atoms with Crippen LogP contribution in [0, 0.1) is 5.41 Å². The number of hydrogen-bond acceptors (Lipinski definition) is 5. The molecule has 0 radical (unpaired) electrons. The summed E-state index contributed by atoms with van der Waals surface area (Å²) in [5, 5.41) is 23.0. The highest BCUT2D eigenvalue weighted by Gasteiger charge is 2.31. The van der Waals surface area contributed by atoms with Crippen molar-refractivity contribution in [3.63, 3.8) is 0 Å². The average molecular weight is 465 g/mol. The van der Waals surface area contributed by atoms with Crippen molar-refractivity contribution in [2.75, 3.05) is 34.8 Å². The normalized spacial score (nSPS) is 16.4. The quantitative estimate of drug-likeness (QED) is 0.288. The Labute approximate surface area is 204 Å². The number of aliphatic hydroxyl groups is 1. The van der Waals surface area contributed by atoms with Crippen LogP contribution in [-0.4, -0.2) is 40.5 Å². The Kier molecular flexibility index (Phi) is 5.37. The highest BCUT2D eigenvalue weighted by molar-refractivity contribution is 6.30. The van der Waals surface area contributed by atoms with E-state index in [4.69, 9.17) is 10.4 Å². The SMILES string of the molecule is N=C1C(c2nc3ccc(N4CCCCC4)cc3[nH]2)=C(O)CN1c1ccc(Nc2ccccc2)cc1. The maximum absolute atomic E-state index is 10.8. The summed E-state index contributed by atoms with van der Waals surface area (Å²) in [6.07, 6.45) is 3.75. The first kappa shape index (κ1) is 21.3. The van der Waals surface area contributed by atoms with E-state index in [1.165, 1.54) is 24.9 Å². The third kappa shape index (κ3) is 4.10. The topological polar surface area (TPSA) is 91.3 Å². The summed E-state index contributed by atoms with van der Waals surface area (Å²) in [6, 6.07) is 24.1. The maximum Gasteiger partial charge on any atom is 0.145 e. The van der Waals surface area contributed by atoms with Crippen molar-refractivity contribution in [2.24, 2.45) is 0 Å². The van der Waals surface area contributed by atoms with Crippen molar-refractivity contribution < 1.29 is 5.11 Å². The summed E-state index contributed by atoms with van der Waals surface area (Å²) in [4.78, 5) is 12.3. The van der Waals surface area contributed by atoms with Gasteiger partial charge in [0.25, 0.3) is 0 Å². The number of aliphatic hydroxyl groups excluding tert-OH is 1. The van der Waals surface area contributed by atoms with E-state index in [2.05, 4.69) is 27.3 Å². The van der Waals surface area contributed by atoms with Crippen LogP contribution in [0.25, 0.3) is 16.6 Å². The summed E-state index contributed by atoms with van der Waals surface area (Å²) in [5.41, 5.74) is 6.23. The zero-order chi connectivity index (χ0) is 23.8. The van der Waals surface area contributed by atoms with Gasteiger partial charge in [-0.3, -0.25) is 5.41 Å². The Morgan fingerprint density at radius 3 is 2.34 bits per heavy atom. The van der Waals surface area contributed by atoms with Crippen LogP contribution in [-0.2, 0) is 0 Å². The Hall–Kier alpha value is -4.26. The molecule has 1 saturated heterocycles. The van der Waals surface area contributed by atoms with E-state index in [0.717, 1.165) is 41.2 Å². The highest BCUT2D eigenvalue weighted by atomic mass is 16.3. The zero-order valence-corrected chi connectivity index (χ0v) is 19.5. The molecule has 7 heteroatoms. The number of aromatic nitrogens is 2. The molecule has 1 fully saturated rings. The molecular weight excluding hydrogens is 436 g/mol. The van der Waals surface area contributed by atoms with E-state index in [0.29, 0.717) is 11.4 Å². The molecule has 0 bridgehead atoms. The van der Waals surface area contributed by atoms with Gasteiger partial charge in [-0.25, -0.2) is 4.98 Å². The molecule has 0 aliphatic carbocycles. The fourth-order valence-corrected chi connectivity index (χ4v) is 4.93. The van der Waals surface area contributed by atoms with Gasteiger partial charge in [0, 0.05) is 35.8 Å². The molecule has 0 spiro atoms. The molecule has 4 aromatic rings. The number of imidazole rings is 1. The van der Waals surface area contributed by atoms with Crippen LogP contribution in [0.3, 0.4) is 0 Å². The molecule has 0 atom stereocenters. The molecule has 4 N–H and O–H groups in total. The lowest BCUT2D eigenvalue weighted by Crippen LogP contribution is -2.29. The molecule has 3 heterocycles. The number of nitrogens with one attached hydrogen (secondary N) is 3. The smallest absolute Gasteiger partial charge is 0.145 e. The van der Waals surface area contributed by atoms with Gasteiger partial charge in [-0.05, 0) is 73.9 Å². The van der Waals surface area contributed by atoms with Gasteiger partial charge in [0.05, 0.1) is 23.2 Å². The van der Waals surface area contributed by atoms with E-state index in [9.17, 15) is 5.11 Å². The standard InChI is InChI=1S/C28H28N6O/c29-27-26(28-31-23-14-13-22(17-24(23)32-28)33-15-5-2-6-16-33)25(35)18-34(27)21-11-9-20(10-12-21)30-19-7-3-1-4-8-19/h1,3-4,7-14,17,29-30,35H,2,5-6,15-16,18H2,(H,31,32). The Morgan fingerprint density at radius 1 is 0.857 bits per heavy atom. The number of anilines is 4. The summed E-state index contributed by atoms with van der Waals surface area (Å²) >= 11 is 0. The van der Waals surface area contributed by atoms with Gasteiger partial charge in [0.2, 0.25) is 0 Å². The fourth-order valence-electron chi connectivity index (χ4n) is 4.93. The Morgan fingerprint density at radius 2 is 1.57 bits per heavy atom. The predicted octanol–water partition coefficient (Wildman–Crippen LogP) is 6.06. The van der Waals surface area contributed by atoms with Crippen molar-refractivity contribution in [2.45, 2.75) is 19.3 Å². The molecule has 2 aliphatic heterocycles. The fraction of sp³-hybridized carbons (Fsp3) is 0.214. The van der Waals surface area contributed by atoms with Crippen molar-refractivity contribution in [1.82, 2.24) is 9.97 Å². The highest BCUT2D eigenvalue weighted by Crippen LogP contribution is 2.32. The van der Waals surface area contributed by atoms with E-state index in [-0.39, 0.29) is 18.1 Å². The Bertz CT molecular complexity index is 1400. The predicted molar refractivity (Wildman–Crippen MR) is 143 cm³/mol. The number of para-hydroxylation sites is 1. The molecule has 0 amide bonds. The minimum Gasteiger partial charge on any atom is -0.509 e. The molecule has 7 nitrogen and oxygen atoms in total. The van der Waals surface area contributed by atoms with Crippen molar-refractivity contribution >= 4 is 45.2 Å². The number of hydrogen-bond donors (Lipinski definition) is 4. The van der Waals surface area contributed by atoms with Crippen LogP contribution in [0.5, 0.6) is 0 Å². The van der Waals surface area contributed by atoms with Gasteiger partial charge in [-0.15, -0.1) is 0 Å². The number of rotatable bonds is 5. The van der Waals surface area contributed by atoms with Crippen molar-refractivity contribution in [3.8, 4) is 0 Å². The molecule has 0 unspecified atom stereocenters. The number of fused-ring (bicyclic) bond motifs is 1. The molecule has 1 aromatic heterocycles. The number of H-pyrrole nitrogens is 1. The summed E-state index contributed by atoms with van der Waals surface area (Å²) in [5.74, 6) is 0.918. The van der Waals surface area contributed by atoms with E-state index in [1.807, 2.05) is 60.7 Å². The lowest BCUT2D eigenvalue weighted by Gasteiger charge is -2.28. The molecule has 6 rings (SSSR count). The third-order valence-electron chi connectivity index (χ3n) is 6.77.